The van der Waals surface area contributed by atoms with Crippen LogP contribution in [-0.4, -0.2) is 35.2 Å². The van der Waals surface area contributed by atoms with Crippen molar-refractivity contribution in [2.75, 3.05) is 24.2 Å². The number of fused-ring (bicyclic) bond motifs is 2. The molecule has 2 aliphatic heterocycles. The molecule has 1 aromatic heterocycles. The number of imidazole rings is 1. The van der Waals surface area contributed by atoms with Gasteiger partial charge < -0.3 is 34.1 Å². The van der Waals surface area contributed by atoms with Crippen molar-refractivity contribution < 1.29 is 32.9 Å². The molecule has 0 atom stereocenters. The van der Waals surface area contributed by atoms with Crippen LogP contribution >= 0.6 is 0 Å². The number of amides is 2. The third kappa shape index (κ3) is 5.50. The first-order valence-corrected chi connectivity index (χ1v) is 10.8. The van der Waals surface area contributed by atoms with Gasteiger partial charge in [-0.1, -0.05) is 0 Å². The summed E-state index contributed by atoms with van der Waals surface area (Å²) >= 11 is 0. The number of aliphatic imine (C=N–C) groups is 1. The molecule has 0 radical (unpaired) electrons. The minimum absolute atomic E-state index is 0.160. The minimum Gasteiger partial charge on any atom is -0.454 e. The Bertz CT molecular complexity index is 1490. The Kier molecular flexibility index (Phi) is 6.64. The number of carbonyl (C=O) groups is 1. The normalized spacial score (nSPS) is 12.1. The highest BCUT2D eigenvalue weighted by Gasteiger charge is 2.15. The second-order valence-electron chi connectivity index (χ2n) is 7.52. The largest absolute Gasteiger partial charge is 0.454 e. The second kappa shape index (κ2) is 10.5. The number of rotatable bonds is 4. The predicted molar refractivity (Wildman–Crippen MR) is 129 cm³/mol. The molecule has 37 heavy (non-hydrogen) atoms. The number of anilines is 2. The number of benzene rings is 3. The highest BCUT2D eigenvalue weighted by Crippen LogP contribution is 2.35. The standard InChI is InChI=1S/C17H13FN4O3.C8H5NO3/c18-13-7-11(1-3-14(13)22-6-5-19-9-22)20-17(23)21-12-2-4-15-16(8-12)25-10-24-15;10-4-9-6-1-2-7-8(3-6)12-5-11-7/h1-9H,10H2,(H2,20,21,23);1-3H,5H2. The first-order chi connectivity index (χ1) is 18.1. The lowest BCUT2D eigenvalue weighted by molar-refractivity contribution is 0.173. The quantitative estimate of drug-likeness (QED) is 0.304. The molecule has 6 rings (SSSR count). The number of ether oxygens (including phenoxy) is 4. The Balaban J connectivity index is 0.000000195. The molecule has 0 aliphatic carbocycles. The molecule has 3 heterocycles. The number of nitrogens with one attached hydrogen (secondary N) is 2. The van der Waals surface area contributed by atoms with Crippen LogP contribution in [-0.2, 0) is 4.79 Å². The van der Waals surface area contributed by atoms with E-state index in [1.165, 1.54) is 18.5 Å². The third-order valence-corrected chi connectivity index (χ3v) is 5.15. The van der Waals surface area contributed by atoms with Gasteiger partial charge >= 0.3 is 6.03 Å². The average Bonchev–Trinajstić information content (AvgIpc) is 3.66. The molecule has 0 bridgehead atoms. The van der Waals surface area contributed by atoms with E-state index in [9.17, 15) is 14.0 Å². The van der Waals surface area contributed by atoms with E-state index in [0.717, 1.165) is 0 Å². The summed E-state index contributed by atoms with van der Waals surface area (Å²) in [4.78, 5) is 29.3. The molecular formula is C25H18FN5O6. The summed E-state index contributed by atoms with van der Waals surface area (Å²) in [7, 11) is 0. The zero-order valence-electron chi connectivity index (χ0n) is 19.0. The van der Waals surface area contributed by atoms with E-state index in [1.807, 2.05) is 0 Å². The van der Waals surface area contributed by atoms with Crippen LogP contribution in [0.2, 0.25) is 0 Å². The third-order valence-electron chi connectivity index (χ3n) is 5.15. The Hall–Kier alpha value is -5.35. The van der Waals surface area contributed by atoms with E-state index < -0.39 is 11.8 Å². The van der Waals surface area contributed by atoms with Crippen LogP contribution in [0.5, 0.6) is 23.0 Å². The van der Waals surface area contributed by atoms with Crippen molar-refractivity contribution in [3.63, 3.8) is 0 Å². The van der Waals surface area contributed by atoms with Gasteiger partial charge in [0, 0.05) is 35.9 Å². The van der Waals surface area contributed by atoms with Gasteiger partial charge in [-0.15, -0.1) is 0 Å². The summed E-state index contributed by atoms with van der Waals surface area (Å²) in [5.74, 6) is 2.02. The van der Waals surface area contributed by atoms with E-state index in [-0.39, 0.29) is 13.6 Å². The number of aromatic nitrogens is 2. The van der Waals surface area contributed by atoms with Gasteiger partial charge in [0.15, 0.2) is 23.0 Å². The van der Waals surface area contributed by atoms with Gasteiger partial charge in [-0.2, -0.15) is 4.99 Å². The molecule has 2 amide bonds. The first kappa shape index (κ1) is 23.4. The van der Waals surface area contributed by atoms with Gasteiger partial charge in [-0.05, 0) is 42.5 Å². The predicted octanol–water partition coefficient (Wildman–Crippen LogP) is 4.77. The first-order valence-electron chi connectivity index (χ1n) is 10.8. The van der Waals surface area contributed by atoms with Crippen molar-refractivity contribution in [2.24, 2.45) is 4.99 Å². The van der Waals surface area contributed by atoms with Gasteiger partial charge in [-0.3, -0.25) is 0 Å². The fourth-order valence-electron chi connectivity index (χ4n) is 3.47. The van der Waals surface area contributed by atoms with Crippen LogP contribution in [0.25, 0.3) is 5.69 Å². The Morgan fingerprint density at radius 3 is 2.22 bits per heavy atom. The highest BCUT2D eigenvalue weighted by molar-refractivity contribution is 6.00. The molecule has 2 aliphatic rings. The summed E-state index contributed by atoms with van der Waals surface area (Å²) in [6.45, 7) is 0.386. The van der Waals surface area contributed by atoms with Crippen molar-refractivity contribution in [2.45, 2.75) is 0 Å². The molecular weight excluding hydrogens is 485 g/mol. The lowest BCUT2D eigenvalue weighted by Gasteiger charge is -2.10. The van der Waals surface area contributed by atoms with Crippen LogP contribution < -0.4 is 29.6 Å². The fraction of sp³-hybridized carbons (Fsp3) is 0.0800. The number of hydrogen-bond donors (Lipinski definition) is 2. The number of isocyanates is 1. The molecule has 11 nitrogen and oxygen atoms in total. The zero-order valence-corrected chi connectivity index (χ0v) is 19.0. The number of nitrogens with zero attached hydrogens (tertiary/aromatic N) is 3. The summed E-state index contributed by atoms with van der Waals surface area (Å²) in [5.41, 5.74) is 1.74. The minimum atomic E-state index is -0.492. The maximum atomic E-state index is 14.2. The van der Waals surface area contributed by atoms with Gasteiger partial charge in [0.2, 0.25) is 19.7 Å². The van der Waals surface area contributed by atoms with E-state index >= 15 is 0 Å². The Labute approximate surface area is 209 Å². The molecule has 186 valence electrons. The smallest absolute Gasteiger partial charge is 0.323 e. The number of carbonyl (C=O) groups excluding carboxylic acids is 2. The van der Waals surface area contributed by atoms with Crippen molar-refractivity contribution in [1.82, 2.24) is 9.55 Å². The van der Waals surface area contributed by atoms with Crippen molar-refractivity contribution in [1.29, 1.82) is 0 Å². The maximum Gasteiger partial charge on any atom is 0.323 e. The van der Waals surface area contributed by atoms with Crippen LogP contribution in [0.15, 0.2) is 78.3 Å². The second-order valence-corrected chi connectivity index (χ2v) is 7.52. The van der Waals surface area contributed by atoms with E-state index in [1.54, 1.807) is 65.5 Å². The monoisotopic (exact) mass is 503 g/mol. The molecule has 0 saturated carbocycles. The van der Waals surface area contributed by atoms with Crippen molar-refractivity contribution >= 4 is 29.2 Å². The lowest BCUT2D eigenvalue weighted by Crippen LogP contribution is -2.19. The number of hydrogen-bond acceptors (Lipinski definition) is 8. The maximum absolute atomic E-state index is 14.2. The lowest BCUT2D eigenvalue weighted by atomic mass is 10.2. The molecule has 0 spiro atoms. The summed E-state index contributed by atoms with van der Waals surface area (Å²) in [6.07, 6.45) is 6.15. The highest BCUT2D eigenvalue weighted by atomic mass is 19.1. The number of halogens is 1. The average molecular weight is 503 g/mol. The van der Waals surface area contributed by atoms with Crippen molar-refractivity contribution in [3.05, 3.63) is 79.1 Å². The molecule has 0 saturated heterocycles. The van der Waals surface area contributed by atoms with Crippen LogP contribution in [0.4, 0.5) is 26.2 Å². The van der Waals surface area contributed by atoms with Gasteiger partial charge in [0.05, 0.1) is 17.7 Å². The SMILES string of the molecule is O=C(Nc1ccc(-n2ccnc2)c(F)c1)Nc1ccc2c(c1)OCO2.O=C=Nc1ccc2c(c1)OCO2. The van der Waals surface area contributed by atoms with E-state index in [0.29, 0.717) is 45.7 Å². The summed E-state index contributed by atoms with van der Waals surface area (Å²) in [5, 5.41) is 5.24. The van der Waals surface area contributed by atoms with Crippen LogP contribution in [0, 0.1) is 5.82 Å². The van der Waals surface area contributed by atoms with Gasteiger partial charge in [0.1, 0.15) is 5.82 Å². The molecule has 0 fully saturated rings. The molecule has 12 heteroatoms. The zero-order chi connectivity index (χ0) is 25.6. The summed E-state index contributed by atoms with van der Waals surface area (Å²) < 4.78 is 36.3. The van der Waals surface area contributed by atoms with Crippen molar-refractivity contribution in [3.8, 4) is 28.7 Å². The molecule has 0 unspecified atom stereocenters. The van der Waals surface area contributed by atoms with E-state index in [4.69, 9.17) is 18.9 Å². The van der Waals surface area contributed by atoms with Crippen LogP contribution in [0.3, 0.4) is 0 Å². The Morgan fingerprint density at radius 2 is 1.54 bits per heavy atom. The topological polar surface area (TPSA) is 125 Å². The molecule has 3 aromatic carbocycles. The fourth-order valence-corrected chi connectivity index (χ4v) is 3.47. The number of urea groups is 1. The van der Waals surface area contributed by atoms with Crippen LogP contribution in [0.1, 0.15) is 0 Å². The molecule has 4 aromatic rings. The van der Waals surface area contributed by atoms with E-state index in [2.05, 4.69) is 20.6 Å². The molecule has 2 N–H and O–H groups in total. The Morgan fingerprint density at radius 1 is 0.892 bits per heavy atom. The summed E-state index contributed by atoms with van der Waals surface area (Å²) in [6, 6.07) is 14.0. The van der Waals surface area contributed by atoms with Gasteiger partial charge in [-0.25, -0.2) is 19.0 Å². The van der Waals surface area contributed by atoms with Gasteiger partial charge in [0.25, 0.3) is 0 Å².